The number of hydrogen-bond donors (Lipinski definition) is 3. The average molecular weight is 1030 g/mol. The molecule has 0 bridgehead atoms. The summed E-state index contributed by atoms with van der Waals surface area (Å²) in [5, 5.41) is 37.0. The van der Waals surface area contributed by atoms with Crippen LogP contribution in [0.15, 0.2) is 135 Å². The summed E-state index contributed by atoms with van der Waals surface area (Å²) in [5.41, 5.74) is 2.44. The van der Waals surface area contributed by atoms with E-state index in [0.717, 1.165) is 12.8 Å². The van der Waals surface area contributed by atoms with Gasteiger partial charge in [-0.3, -0.25) is 23.6 Å². The number of pyridine rings is 1. The largest absolute Gasteiger partial charge is 0.454 e. The molecule has 2 amide bonds. The molecule has 22 nitrogen and oxygen atoms in total. The maximum Gasteiger partial charge on any atom is 0.387 e. The van der Waals surface area contributed by atoms with Gasteiger partial charge >= 0.3 is 13.2 Å². The highest BCUT2D eigenvalue weighted by atomic mass is 19.3. The first-order chi connectivity index (χ1) is 36.3. The Balaban J connectivity index is 0.000000173. The fourth-order valence-electron chi connectivity index (χ4n) is 8.27. The van der Waals surface area contributed by atoms with E-state index in [0.29, 0.717) is 40.8 Å². The van der Waals surface area contributed by atoms with Crippen LogP contribution in [0.3, 0.4) is 0 Å². The van der Waals surface area contributed by atoms with Crippen molar-refractivity contribution in [2.24, 2.45) is 14.1 Å². The van der Waals surface area contributed by atoms with Crippen LogP contribution in [0.1, 0.15) is 46.0 Å². The second-order valence-electron chi connectivity index (χ2n) is 16.6. The predicted molar refractivity (Wildman–Crippen MR) is 258 cm³/mol. The molecule has 1 fully saturated rings. The summed E-state index contributed by atoms with van der Waals surface area (Å²) >= 11 is 0. The van der Waals surface area contributed by atoms with Crippen molar-refractivity contribution in [3.8, 4) is 57.1 Å². The zero-order chi connectivity index (χ0) is 52.2. The van der Waals surface area contributed by atoms with E-state index < -0.39 is 31.1 Å². The van der Waals surface area contributed by atoms with E-state index in [1.165, 1.54) is 73.4 Å². The number of alkyl halides is 4. The Bertz CT molecular complexity index is 3650. The molecular weight excluding hydrogens is 987 g/mol. The van der Waals surface area contributed by atoms with Crippen LogP contribution in [0.4, 0.5) is 28.9 Å². The number of benzene rings is 2. The number of aliphatic hydroxyl groups is 1. The van der Waals surface area contributed by atoms with Gasteiger partial charge in [-0.1, -0.05) is 6.07 Å². The number of anilines is 2. The molecule has 3 N–H and O–H groups in total. The molecule has 1 aliphatic carbocycles. The number of rotatable bonds is 15. The number of carbonyl (C=O) groups is 2. The molecule has 382 valence electrons. The number of aryl methyl sites for hydroxylation is 2. The molecule has 11 rings (SSSR count). The Morgan fingerprint density at radius 2 is 1.19 bits per heavy atom. The van der Waals surface area contributed by atoms with Gasteiger partial charge in [-0.2, -0.15) is 43.1 Å². The lowest BCUT2D eigenvalue weighted by Gasteiger charge is -2.14. The lowest BCUT2D eigenvalue weighted by molar-refractivity contribution is -0.0501. The number of hydrogen-bond acceptors (Lipinski definition) is 15. The third-order valence-corrected chi connectivity index (χ3v) is 11.5. The number of fused-ring (bicyclic) bond motifs is 2. The highest BCUT2D eigenvalue weighted by molar-refractivity contribution is 6.10. The zero-order valence-corrected chi connectivity index (χ0v) is 39.4. The quantitative estimate of drug-likeness (QED) is 0.0819. The molecular formula is C49H41F4N15O7. The smallest absolute Gasteiger partial charge is 0.387 e. The van der Waals surface area contributed by atoms with Crippen LogP contribution in [0.25, 0.3) is 33.8 Å². The van der Waals surface area contributed by atoms with Gasteiger partial charge < -0.3 is 34.7 Å². The highest BCUT2D eigenvalue weighted by Gasteiger charge is 2.28. The third kappa shape index (κ3) is 10.9. The Labute approximate surface area is 420 Å². The Morgan fingerprint density at radius 3 is 1.69 bits per heavy atom. The molecule has 0 radical (unpaired) electrons. The lowest BCUT2D eigenvalue weighted by atomic mass is 10.1. The van der Waals surface area contributed by atoms with E-state index in [1.54, 1.807) is 98.7 Å². The van der Waals surface area contributed by atoms with Gasteiger partial charge in [0.2, 0.25) is 5.88 Å². The van der Waals surface area contributed by atoms with Crippen molar-refractivity contribution in [2.75, 3.05) is 10.6 Å². The monoisotopic (exact) mass is 1030 g/mol. The summed E-state index contributed by atoms with van der Waals surface area (Å²) in [5.74, 6) is 0.0457. The first-order valence-electron chi connectivity index (χ1n) is 22.8. The molecule has 2 unspecified atom stereocenters. The van der Waals surface area contributed by atoms with Crippen LogP contribution in [0.5, 0.6) is 34.6 Å². The Hall–Kier alpha value is -9.72. The van der Waals surface area contributed by atoms with E-state index in [1.807, 2.05) is 0 Å². The van der Waals surface area contributed by atoms with Crippen LogP contribution in [0.2, 0.25) is 0 Å². The molecule has 26 heteroatoms. The maximum atomic E-state index is 13.3. The van der Waals surface area contributed by atoms with Crippen LogP contribution < -0.4 is 29.6 Å². The van der Waals surface area contributed by atoms with Crippen LogP contribution in [-0.4, -0.2) is 99.8 Å². The first kappa shape index (κ1) is 48.9. The van der Waals surface area contributed by atoms with Crippen molar-refractivity contribution in [1.82, 2.24) is 63.5 Å². The molecule has 0 aliphatic heterocycles. The number of aromatic nitrogens is 13. The fourth-order valence-corrected chi connectivity index (χ4v) is 8.27. The van der Waals surface area contributed by atoms with E-state index in [2.05, 4.69) is 51.1 Å². The summed E-state index contributed by atoms with van der Waals surface area (Å²) in [6, 6.07) is 17.0. The highest BCUT2D eigenvalue weighted by Crippen LogP contribution is 2.41. The van der Waals surface area contributed by atoms with Gasteiger partial charge in [0.15, 0.2) is 17.0 Å². The number of nitrogens with zero attached hydrogens (tertiary/aromatic N) is 13. The van der Waals surface area contributed by atoms with Gasteiger partial charge in [0.05, 0.1) is 59.4 Å². The number of ether oxygens (including phenoxy) is 4. The molecule has 10 aromatic rings. The molecule has 8 heterocycles. The maximum absolute atomic E-state index is 13.3. The lowest BCUT2D eigenvalue weighted by Crippen LogP contribution is -2.18. The SMILES string of the molecule is Cn1cc(NC(=O)c2cnn3cccnc23)c(-c2cc(Oc3ccccn3)ccc2OC(F)F)n1.Cn1cc(NC(=O)c2cnn3cccnc23)c(-c2cc(Oc3cnn(C4CCCC4O)c3)ccc2OC(F)F)n1. The fraction of sp³-hybridized carbons (Fsp3) is 0.184. The van der Waals surface area contributed by atoms with Crippen molar-refractivity contribution in [1.29, 1.82) is 0 Å². The second kappa shape index (κ2) is 21.2. The van der Waals surface area contributed by atoms with Crippen molar-refractivity contribution >= 4 is 34.5 Å². The van der Waals surface area contributed by atoms with Gasteiger partial charge in [-0.25, -0.2) is 24.0 Å². The molecule has 0 spiro atoms. The van der Waals surface area contributed by atoms with Crippen LogP contribution in [0, 0.1) is 0 Å². The number of aliphatic hydroxyl groups excluding tert-OH is 1. The number of carbonyl (C=O) groups excluding carboxylic acids is 2. The molecule has 8 aromatic heterocycles. The summed E-state index contributed by atoms with van der Waals surface area (Å²) in [4.78, 5) is 38.6. The van der Waals surface area contributed by atoms with E-state index in [-0.39, 0.29) is 62.6 Å². The molecule has 1 aliphatic rings. The minimum absolute atomic E-state index is 0.127. The van der Waals surface area contributed by atoms with E-state index in [9.17, 15) is 32.3 Å². The van der Waals surface area contributed by atoms with Crippen LogP contribution in [-0.2, 0) is 14.1 Å². The minimum atomic E-state index is -3.09. The summed E-state index contributed by atoms with van der Waals surface area (Å²) in [6.07, 6.45) is 19.0. The molecule has 75 heavy (non-hydrogen) atoms. The van der Waals surface area contributed by atoms with Crippen LogP contribution >= 0.6 is 0 Å². The van der Waals surface area contributed by atoms with E-state index >= 15 is 0 Å². The predicted octanol–water partition coefficient (Wildman–Crippen LogP) is 8.23. The molecule has 2 atom stereocenters. The average Bonchev–Trinajstić information content (AvgIpc) is 4.27. The minimum Gasteiger partial charge on any atom is -0.454 e. The van der Waals surface area contributed by atoms with Crippen molar-refractivity contribution < 1.29 is 51.2 Å². The molecule has 0 saturated heterocycles. The Morgan fingerprint density at radius 1 is 0.640 bits per heavy atom. The second-order valence-corrected chi connectivity index (χ2v) is 16.6. The summed E-state index contributed by atoms with van der Waals surface area (Å²) in [7, 11) is 3.27. The number of halogens is 4. The molecule has 1 saturated carbocycles. The molecule has 2 aromatic carbocycles. The van der Waals surface area contributed by atoms with Gasteiger partial charge in [0.1, 0.15) is 45.5 Å². The van der Waals surface area contributed by atoms with Crippen molar-refractivity contribution in [2.45, 2.75) is 44.6 Å². The number of amides is 2. The van der Waals surface area contributed by atoms with Crippen molar-refractivity contribution in [3.63, 3.8) is 0 Å². The van der Waals surface area contributed by atoms with Gasteiger partial charge in [-0.05, 0) is 73.9 Å². The zero-order valence-electron chi connectivity index (χ0n) is 39.4. The Kier molecular flexibility index (Phi) is 13.8. The topological polar surface area (TPSA) is 242 Å². The van der Waals surface area contributed by atoms with E-state index in [4.69, 9.17) is 18.9 Å². The van der Waals surface area contributed by atoms with Crippen molar-refractivity contribution in [3.05, 3.63) is 146 Å². The summed E-state index contributed by atoms with van der Waals surface area (Å²) < 4.78 is 81.5. The standard InChI is InChI=1S/C26H24F2N8O4.C23H17F2N7O3/c1-34-14-19(32-25(38)18-12-31-35-9-3-8-29-24(18)35)23(33-34)17-10-15(6-7-22(17)40-26(27)28)39-16-11-30-36(13-16)20-4-2-5-21(20)37;1-31-13-17(29-22(33)16-12-28-32-10-4-9-27-21(16)32)20(30-31)15-11-14(6-7-18(15)35-23(24)25)34-19-5-2-3-8-26-19/h3,6-14,20-21,26,37H,2,4-5H2,1H3,(H,32,38);2-13,23H,1H3,(H,29,33). The normalized spacial score (nSPS) is 14.3. The van der Waals surface area contributed by atoms with Gasteiger partial charge in [0.25, 0.3) is 11.8 Å². The third-order valence-electron chi connectivity index (χ3n) is 11.5. The first-order valence-corrected chi connectivity index (χ1v) is 22.8. The van der Waals surface area contributed by atoms with Gasteiger partial charge in [0, 0.05) is 63.5 Å². The number of nitrogens with one attached hydrogen (secondary N) is 2. The van der Waals surface area contributed by atoms with Gasteiger partial charge in [-0.15, -0.1) is 0 Å². The summed E-state index contributed by atoms with van der Waals surface area (Å²) in [6.45, 7) is -6.16.